The van der Waals surface area contributed by atoms with Crippen LogP contribution in [0.4, 0.5) is 20.6 Å². The van der Waals surface area contributed by atoms with Crippen LogP contribution in [0.25, 0.3) is 0 Å². The van der Waals surface area contributed by atoms with Gasteiger partial charge in [-0.05, 0) is 23.8 Å². The summed E-state index contributed by atoms with van der Waals surface area (Å²) in [6.07, 6.45) is 0.437. The van der Waals surface area contributed by atoms with E-state index in [2.05, 4.69) is 10.6 Å². The topological polar surface area (TPSA) is 70.7 Å². The second-order valence-electron chi connectivity index (χ2n) is 5.95. The largest absolute Gasteiger partial charge is 0.491 e. The van der Waals surface area contributed by atoms with Gasteiger partial charge in [0.2, 0.25) is 5.91 Å². The van der Waals surface area contributed by atoms with Crippen molar-refractivity contribution in [1.82, 2.24) is 5.32 Å². The first-order chi connectivity index (χ1) is 12.6. The lowest BCUT2D eigenvalue weighted by atomic mass is 9.98. The van der Waals surface area contributed by atoms with Gasteiger partial charge in [0.05, 0.1) is 0 Å². The Morgan fingerprint density at radius 1 is 1.27 bits per heavy atom. The number of para-hydroxylation sites is 1. The van der Waals surface area contributed by atoms with Crippen LogP contribution < -0.4 is 20.3 Å². The number of alkyl halides is 1. The predicted octanol–water partition coefficient (Wildman–Crippen LogP) is 2.74. The van der Waals surface area contributed by atoms with Gasteiger partial charge in [0.25, 0.3) is 0 Å². The molecule has 26 heavy (non-hydrogen) atoms. The number of likely N-dealkylation sites (N-methyl/N-ethyl adjacent to an activating group) is 1. The third kappa shape index (κ3) is 3.93. The normalized spacial score (nSPS) is 16.0. The number of carbonyl (C=O) groups is 2. The summed E-state index contributed by atoms with van der Waals surface area (Å²) in [6, 6.07) is 13.1. The number of hydrogen-bond donors (Lipinski definition) is 2. The number of rotatable bonds is 5. The summed E-state index contributed by atoms with van der Waals surface area (Å²) in [4.78, 5) is 26.3. The molecule has 3 amide bonds. The van der Waals surface area contributed by atoms with Crippen molar-refractivity contribution < 1.29 is 18.7 Å². The molecule has 0 radical (unpaired) electrons. The highest BCUT2D eigenvalue weighted by Gasteiger charge is 2.31. The number of carbonyl (C=O) groups excluding carboxylic acids is 2. The van der Waals surface area contributed by atoms with Crippen molar-refractivity contribution in [3.05, 3.63) is 54.1 Å². The number of fused-ring (bicyclic) bond motifs is 1. The summed E-state index contributed by atoms with van der Waals surface area (Å²) < 4.78 is 17.4. The molecule has 1 aliphatic rings. The van der Waals surface area contributed by atoms with Gasteiger partial charge in [0.15, 0.2) is 0 Å². The number of benzene rings is 2. The van der Waals surface area contributed by atoms with Crippen LogP contribution in [0.1, 0.15) is 5.56 Å². The maximum atomic E-state index is 12.5. The van der Waals surface area contributed by atoms with E-state index < -0.39 is 18.7 Å². The van der Waals surface area contributed by atoms with Crippen LogP contribution in [0.2, 0.25) is 0 Å². The van der Waals surface area contributed by atoms with E-state index in [0.717, 1.165) is 11.3 Å². The average molecular weight is 357 g/mol. The van der Waals surface area contributed by atoms with Crippen molar-refractivity contribution >= 4 is 23.3 Å². The van der Waals surface area contributed by atoms with Gasteiger partial charge in [-0.3, -0.25) is 4.79 Å². The molecule has 2 aromatic carbocycles. The van der Waals surface area contributed by atoms with Crippen molar-refractivity contribution in [1.29, 1.82) is 0 Å². The lowest BCUT2D eigenvalue weighted by molar-refractivity contribution is -0.120. The van der Waals surface area contributed by atoms with Crippen molar-refractivity contribution in [2.24, 2.45) is 0 Å². The predicted molar refractivity (Wildman–Crippen MR) is 97.4 cm³/mol. The van der Waals surface area contributed by atoms with E-state index in [-0.39, 0.29) is 12.5 Å². The zero-order valence-corrected chi connectivity index (χ0v) is 14.4. The number of halogens is 1. The first-order valence-corrected chi connectivity index (χ1v) is 8.30. The van der Waals surface area contributed by atoms with Crippen LogP contribution in [0.3, 0.4) is 0 Å². The molecule has 7 heteroatoms. The highest BCUT2D eigenvalue weighted by Crippen LogP contribution is 2.26. The molecule has 0 bridgehead atoms. The van der Waals surface area contributed by atoms with Crippen LogP contribution in [-0.4, -0.2) is 38.3 Å². The van der Waals surface area contributed by atoms with Gasteiger partial charge in [-0.2, -0.15) is 0 Å². The molecular formula is C19H20FN3O3. The summed E-state index contributed by atoms with van der Waals surface area (Å²) in [5.41, 5.74) is 2.35. The first kappa shape index (κ1) is 17.7. The molecule has 3 rings (SSSR count). The molecule has 136 valence electrons. The maximum absolute atomic E-state index is 12.5. The number of ether oxygens (including phenoxy) is 1. The lowest BCUT2D eigenvalue weighted by Crippen LogP contribution is -2.52. The lowest BCUT2D eigenvalue weighted by Gasteiger charge is -2.31. The number of nitrogens with one attached hydrogen (secondary N) is 2. The minimum Gasteiger partial charge on any atom is -0.491 e. The molecule has 0 fully saturated rings. The van der Waals surface area contributed by atoms with Crippen LogP contribution in [-0.2, 0) is 11.2 Å². The van der Waals surface area contributed by atoms with Crippen molar-refractivity contribution in [3.8, 4) is 5.75 Å². The van der Waals surface area contributed by atoms with Gasteiger partial charge in [0.1, 0.15) is 25.1 Å². The molecule has 0 spiro atoms. The van der Waals surface area contributed by atoms with Gasteiger partial charge < -0.3 is 20.3 Å². The zero-order valence-electron chi connectivity index (χ0n) is 14.4. The summed E-state index contributed by atoms with van der Waals surface area (Å²) >= 11 is 0. The fourth-order valence-electron chi connectivity index (χ4n) is 2.93. The molecule has 0 saturated heterocycles. The van der Waals surface area contributed by atoms with E-state index in [0.29, 0.717) is 17.9 Å². The zero-order chi connectivity index (χ0) is 18.5. The smallest absolute Gasteiger partial charge is 0.319 e. The maximum Gasteiger partial charge on any atom is 0.319 e. The number of hydrogen-bond acceptors (Lipinski definition) is 3. The van der Waals surface area contributed by atoms with E-state index in [1.807, 2.05) is 24.3 Å². The molecule has 1 heterocycles. The van der Waals surface area contributed by atoms with Gasteiger partial charge in [-0.15, -0.1) is 0 Å². The van der Waals surface area contributed by atoms with Crippen LogP contribution in [0.15, 0.2) is 48.5 Å². The van der Waals surface area contributed by atoms with E-state index >= 15 is 0 Å². The molecular weight excluding hydrogens is 337 g/mol. The van der Waals surface area contributed by atoms with E-state index in [9.17, 15) is 14.0 Å². The molecule has 2 aromatic rings. The Labute approximate surface area is 150 Å². The summed E-state index contributed by atoms with van der Waals surface area (Å²) in [7, 11) is 1.69. The quantitative estimate of drug-likeness (QED) is 0.864. The van der Waals surface area contributed by atoms with Gasteiger partial charge in [0, 0.05) is 30.9 Å². The summed E-state index contributed by atoms with van der Waals surface area (Å²) in [5, 5.41) is 5.38. The van der Waals surface area contributed by atoms with Crippen LogP contribution in [0.5, 0.6) is 5.75 Å². The summed E-state index contributed by atoms with van der Waals surface area (Å²) in [6.45, 7) is -0.630. The molecule has 1 aliphatic heterocycles. The Hall–Kier alpha value is -3.09. The van der Waals surface area contributed by atoms with E-state index in [1.165, 1.54) is 0 Å². The second kappa shape index (κ2) is 7.86. The van der Waals surface area contributed by atoms with Gasteiger partial charge >= 0.3 is 6.03 Å². The Morgan fingerprint density at radius 3 is 2.88 bits per heavy atom. The summed E-state index contributed by atoms with van der Waals surface area (Å²) in [5.74, 6) is 0.293. The fourth-order valence-corrected chi connectivity index (χ4v) is 2.93. The second-order valence-corrected chi connectivity index (χ2v) is 5.95. The van der Waals surface area contributed by atoms with Crippen molar-refractivity contribution in [2.75, 3.05) is 30.5 Å². The fraction of sp³-hybridized carbons (Fsp3) is 0.263. The number of amides is 3. The van der Waals surface area contributed by atoms with Gasteiger partial charge in [-0.25, -0.2) is 9.18 Å². The van der Waals surface area contributed by atoms with Crippen molar-refractivity contribution in [2.45, 2.75) is 12.5 Å². The Morgan fingerprint density at radius 2 is 2.08 bits per heavy atom. The van der Waals surface area contributed by atoms with Crippen LogP contribution in [0, 0.1) is 0 Å². The highest BCUT2D eigenvalue weighted by molar-refractivity contribution is 6.02. The molecule has 0 aromatic heterocycles. The molecule has 0 saturated carbocycles. The monoisotopic (exact) mass is 357 g/mol. The Balaban J connectivity index is 1.64. The SMILES string of the molecule is CN1C(=O)C(NC(=O)Nc2cccc(OCCF)c2)Cc2ccccc21. The Bertz CT molecular complexity index is 812. The van der Waals surface area contributed by atoms with E-state index in [1.54, 1.807) is 36.2 Å². The molecule has 0 aliphatic carbocycles. The van der Waals surface area contributed by atoms with E-state index in [4.69, 9.17) is 4.74 Å². The standard InChI is InChI=1S/C19H20FN3O3/c1-23-17-8-3-2-5-13(17)11-16(18(23)24)22-19(25)21-14-6-4-7-15(12-14)26-10-9-20/h2-8,12,16H,9-11H2,1H3,(H2,21,22,25). The van der Waals surface area contributed by atoms with Crippen LogP contribution >= 0.6 is 0 Å². The molecule has 2 N–H and O–H groups in total. The molecule has 6 nitrogen and oxygen atoms in total. The van der Waals surface area contributed by atoms with Gasteiger partial charge in [-0.1, -0.05) is 24.3 Å². The number of urea groups is 1. The number of nitrogens with zero attached hydrogens (tertiary/aromatic N) is 1. The minimum absolute atomic E-state index is 0.0437. The third-order valence-corrected chi connectivity index (χ3v) is 4.15. The Kier molecular flexibility index (Phi) is 5.36. The molecule has 1 atom stereocenters. The molecule has 1 unspecified atom stereocenters. The number of anilines is 2. The highest BCUT2D eigenvalue weighted by atomic mass is 19.1. The van der Waals surface area contributed by atoms with Crippen molar-refractivity contribution in [3.63, 3.8) is 0 Å². The third-order valence-electron chi connectivity index (χ3n) is 4.15. The first-order valence-electron chi connectivity index (χ1n) is 8.30. The average Bonchev–Trinajstić information content (AvgIpc) is 2.64. The minimum atomic E-state index is -0.638.